The summed E-state index contributed by atoms with van der Waals surface area (Å²) in [5.74, 6) is -0.201. The van der Waals surface area contributed by atoms with Gasteiger partial charge >= 0.3 is 0 Å². The van der Waals surface area contributed by atoms with E-state index in [1.54, 1.807) is 0 Å². The second kappa shape index (κ2) is 3.74. The zero-order valence-electron chi connectivity index (χ0n) is 9.52. The minimum Gasteiger partial charge on any atom is -0.344 e. The maximum Gasteiger partial charge on any atom is 0.123 e. The van der Waals surface area contributed by atoms with Crippen molar-refractivity contribution in [2.45, 2.75) is 0 Å². The summed E-state index contributed by atoms with van der Waals surface area (Å²) in [7, 11) is 2.03. The summed E-state index contributed by atoms with van der Waals surface area (Å²) >= 11 is 0. The van der Waals surface area contributed by atoms with Gasteiger partial charge in [-0.25, -0.2) is 4.39 Å². The lowest BCUT2D eigenvalue weighted by Crippen LogP contribution is -1.90. The summed E-state index contributed by atoms with van der Waals surface area (Å²) in [5, 5.41) is 1.20. The Bertz CT molecular complexity index is 665. The molecule has 1 heterocycles. The average Bonchev–Trinajstić information content (AvgIpc) is 2.69. The van der Waals surface area contributed by atoms with E-state index in [9.17, 15) is 4.39 Å². The Kier molecular flexibility index (Phi) is 2.22. The van der Waals surface area contributed by atoms with Crippen LogP contribution in [-0.2, 0) is 7.05 Å². The molecule has 0 saturated carbocycles. The molecule has 1 nitrogen and oxygen atoms in total. The SMILES string of the molecule is Cn1c(-c2ccc(F)cc2)cc2ccccc21. The van der Waals surface area contributed by atoms with Crippen LogP contribution in [0.5, 0.6) is 0 Å². The van der Waals surface area contributed by atoms with Crippen molar-refractivity contribution < 1.29 is 4.39 Å². The van der Waals surface area contributed by atoms with Crippen molar-refractivity contribution in [2.24, 2.45) is 7.05 Å². The van der Waals surface area contributed by atoms with Crippen LogP contribution in [0.1, 0.15) is 0 Å². The number of aryl methyl sites for hydroxylation is 1. The Morgan fingerprint density at radius 3 is 2.35 bits per heavy atom. The molecule has 17 heavy (non-hydrogen) atoms. The van der Waals surface area contributed by atoms with Gasteiger partial charge in [-0.15, -0.1) is 0 Å². The van der Waals surface area contributed by atoms with Crippen molar-refractivity contribution in [1.29, 1.82) is 0 Å². The van der Waals surface area contributed by atoms with Crippen LogP contribution in [0, 0.1) is 5.82 Å². The number of hydrogen-bond acceptors (Lipinski definition) is 0. The lowest BCUT2D eigenvalue weighted by Gasteiger charge is -2.04. The van der Waals surface area contributed by atoms with Gasteiger partial charge in [-0.2, -0.15) is 0 Å². The highest BCUT2D eigenvalue weighted by Crippen LogP contribution is 2.26. The number of rotatable bonds is 1. The quantitative estimate of drug-likeness (QED) is 0.590. The van der Waals surface area contributed by atoms with Crippen molar-refractivity contribution >= 4 is 10.9 Å². The first-order chi connectivity index (χ1) is 8.25. The summed E-state index contributed by atoms with van der Waals surface area (Å²) in [6.07, 6.45) is 0. The van der Waals surface area contributed by atoms with E-state index in [0.717, 1.165) is 11.3 Å². The molecule has 1 aromatic heterocycles. The van der Waals surface area contributed by atoms with Crippen molar-refractivity contribution in [3.05, 3.63) is 60.4 Å². The Hall–Kier alpha value is -2.09. The van der Waals surface area contributed by atoms with Crippen LogP contribution in [0.3, 0.4) is 0 Å². The highest BCUT2D eigenvalue weighted by atomic mass is 19.1. The molecule has 2 aromatic carbocycles. The van der Waals surface area contributed by atoms with Gasteiger partial charge in [-0.1, -0.05) is 18.2 Å². The van der Waals surface area contributed by atoms with Gasteiger partial charge in [0.1, 0.15) is 5.82 Å². The molecule has 0 aliphatic heterocycles. The van der Waals surface area contributed by atoms with Gasteiger partial charge in [0, 0.05) is 23.6 Å². The first-order valence-electron chi connectivity index (χ1n) is 5.56. The molecule has 0 aliphatic rings. The van der Waals surface area contributed by atoms with E-state index in [1.165, 1.54) is 23.0 Å². The molecule has 0 amide bonds. The van der Waals surface area contributed by atoms with E-state index >= 15 is 0 Å². The lowest BCUT2D eigenvalue weighted by molar-refractivity contribution is 0.628. The molecule has 0 unspecified atom stereocenters. The molecule has 0 aliphatic carbocycles. The molecule has 0 radical (unpaired) electrons. The first-order valence-corrected chi connectivity index (χ1v) is 5.56. The molecule has 0 atom stereocenters. The van der Waals surface area contributed by atoms with Crippen LogP contribution in [0.25, 0.3) is 22.2 Å². The van der Waals surface area contributed by atoms with Crippen molar-refractivity contribution in [3.63, 3.8) is 0 Å². The number of halogens is 1. The lowest BCUT2D eigenvalue weighted by atomic mass is 10.1. The van der Waals surface area contributed by atoms with Crippen molar-refractivity contribution in [2.75, 3.05) is 0 Å². The molecule has 0 N–H and O–H groups in total. The molecule has 84 valence electrons. The monoisotopic (exact) mass is 225 g/mol. The standard InChI is InChI=1S/C15H12FN/c1-17-14-5-3-2-4-12(14)10-15(17)11-6-8-13(16)9-7-11/h2-10H,1H3. The van der Waals surface area contributed by atoms with Crippen LogP contribution in [-0.4, -0.2) is 4.57 Å². The maximum atomic E-state index is 12.9. The number of benzene rings is 2. The van der Waals surface area contributed by atoms with Gasteiger partial charge in [0.15, 0.2) is 0 Å². The number of fused-ring (bicyclic) bond motifs is 1. The highest BCUT2D eigenvalue weighted by molar-refractivity contribution is 5.86. The Balaban J connectivity index is 2.24. The normalized spacial score (nSPS) is 10.9. The molecule has 3 rings (SSSR count). The van der Waals surface area contributed by atoms with Gasteiger partial charge in [0.25, 0.3) is 0 Å². The molecular weight excluding hydrogens is 213 g/mol. The number of nitrogens with zero attached hydrogens (tertiary/aromatic N) is 1. The Labute approximate surface area is 99.1 Å². The first kappa shape index (κ1) is 10.1. The smallest absolute Gasteiger partial charge is 0.123 e. The number of hydrogen-bond donors (Lipinski definition) is 0. The third-order valence-corrected chi connectivity index (χ3v) is 3.09. The fourth-order valence-corrected chi connectivity index (χ4v) is 2.19. The van der Waals surface area contributed by atoms with Gasteiger partial charge in [0.2, 0.25) is 0 Å². The van der Waals surface area contributed by atoms with E-state index in [2.05, 4.69) is 22.8 Å². The molecule has 0 fully saturated rings. The highest BCUT2D eigenvalue weighted by Gasteiger charge is 2.06. The van der Waals surface area contributed by atoms with Gasteiger partial charge in [-0.3, -0.25) is 0 Å². The molecule has 3 aromatic rings. The van der Waals surface area contributed by atoms with E-state index < -0.39 is 0 Å². The van der Waals surface area contributed by atoms with E-state index in [-0.39, 0.29) is 5.82 Å². The largest absolute Gasteiger partial charge is 0.344 e. The van der Waals surface area contributed by atoms with E-state index in [0.29, 0.717) is 0 Å². The Morgan fingerprint density at radius 2 is 1.65 bits per heavy atom. The van der Waals surface area contributed by atoms with Gasteiger partial charge in [-0.05, 0) is 42.0 Å². The fourth-order valence-electron chi connectivity index (χ4n) is 2.19. The zero-order valence-corrected chi connectivity index (χ0v) is 9.52. The third-order valence-electron chi connectivity index (χ3n) is 3.09. The van der Waals surface area contributed by atoms with Crippen LogP contribution in [0.2, 0.25) is 0 Å². The molecule has 0 bridgehead atoms. The second-order valence-corrected chi connectivity index (χ2v) is 4.15. The predicted octanol–water partition coefficient (Wildman–Crippen LogP) is 3.98. The summed E-state index contributed by atoms with van der Waals surface area (Å²) in [6.45, 7) is 0. The van der Waals surface area contributed by atoms with Crippen LogP contribution < -0.4 is 0 Å². The van der Waals surface area contributed by atoms with Crippen LogP contribution >= 0.6 is 0 Å². The Morgan fingerprint density at radius 1 is 0.941 bits per heavy atom. The van der Waals surface area contributed by atoms with Crippen LogP contribution in [0.4, 0.5) is 4.39 Å². The fraction of sp³-hybridized carbons (Fsp3) is 0.0667. The average molecular weight is 225 g/mol. The van der Waals surface area contributed by atoms with E-state index in [4.69, 9.17) is 0 Å². The predicted molar refractivity (Wildman–Crippen MR) is 68.3 cm³/mol. The van der Waals surface area contributed by atoms with Gasteiger partial charge < -0.3 is 4.57 Å². The summed E-state index contributed by atoms with van der Waals surface area (Å²) < 4.78 is 15.0. The molecule has 0 saturated heterocycles. The van der Waals surface area contributed by atoms with Crippen LogP contribution in [0.15, 0.2) is 54.6 Å². The minimum atomic E-state index is -0.201. The summed E-state index contributed by atoms with van der Waals surface area (Å²) in [4.78, 5) is 0. The second-order valence-electron chi connectivity index (χ2n) is 4.15. The van der Waals surface area contributed by atoms with Gasteiger partial charge in [0.05, 0.1) is 0 Å². The molecule has 0 spiro atoms. The number of para-hydroxylation sites is 1. The molecule has 2 heteroatoms. The molecular formula is C15H12FN. The summed E-state index contributed by atoms with van der Waals surface area (Å²) in [5.41, 5.74) is 3.32. The topological polar surface area (TPSA) is 4.93 Å². The summed E-state index contributed by atoms with van der Waals surface area (Å²) in [6, 6.07) is 17.0. The minimum absolute atomic E-state index is 0.201. The number of aromatic nitrogens is 1. The zero-order chi connectivity index (χ0) is 11.8. The third kappa shape index (κ3) is 1.62. The maximum absolute atomic E-state index is 12.9. The van der Waals surface area contributed by atoms with E-state index in [1.807, 2.05) is 31.3 Å². The van der Waals surface area contributed by atoms with Crippen molar-refractivity contribution in [3.8, 4) is 11.3 Å². The van der Waals surface area contributed by atoms with Crippen molar-refractivity contribution in [1.82, 2.24) is 4.57 Å².